The van der Waals surface area contributed by atoms with E-state index in [0.717, 1.165) is 41.0 Å². The molecule has 0 amide bonds. The van der Waals surface area contributed by atoms with Crippen molar-refractivity contribution in [3.8, 4) is 11.5 Å². The van der Waals surface area contributed by atoms with Gasteiger partial charge in [-0.05, 0) is 92.0 Å². The quantitative estimate of drug-likeness (QED) is 0.0622. The largest absolute Gasteiger partial charge is 0.493 e. The van der Waals surface area contributed by atoms with Gasteiger partial charge in [0.15, 0.2) is 16.6 Å². The van der Waals surface area contributed by atoms with Gasteiger partial charge in [-0.1, -0.05) is 112 Å². The first kappa shape index (κ1) is 47.9. The molecule has 0 N–H and O–H groups in total. The van der Waals surface area contributed by atoms with E-state index in [0.29, 0.717) is 45.0 Å². The molecule has 0 radical (unpaired) electrons. The summed E-state index contributed by atoms with van der Waals surface area (Å²) in [5, 5.41) is -0.0964. The normalized spacial score (nSPS) is 18.8. The predicted molar refractivity (Wildman–Crippen MR) is 232 cm³/mol. The predicted octanol–water partition coefficient (Wildman–Crippen LogP) is 11.6. The molecular weight excluding hydrogens is 737 g/mol. The van der Waals surface area contributed by atoms with Gasteiger partial charge in [-0.2, -0.15) is 0 Å². The molecule has 2 aromatic rings. The molecule has 3 rings (SSSR count). The fraction of sp³-hybridized carbons (Fsp3) is 0.696. The van der Waals surface area contributed by atoms with E-state index in [1.165, 1.54) is 0 Å². The summed E-state index contributed by atoms with van der Waals surface area (Å²) in [6.45, 7) is 33.8. The van der Waals surface area contributed by atoms with Crippen LogP contribution in [0.1, 0.15) is 125 Å². The van der Waals surface area contributed by atoms with Gasteiger partial charge in [0, 0.05) is 12.3 Å². The van der Waals surface area contributed by atoms with Crippen molar-refractivity contribution in [2.24, 2.45) is 11.8 Å². The Balaban J connectivity index is 1.95. The third-order valence-corrected chi connectivity index (χ3v) is 21.1. The molecule has 1 fully saturated rings. The highest BCUT2D eigenvalue weighted by atomic mass is 28.4. The summed E-state index contributed by atoms with van der Waals surface area (Å²) >= 11 is 0. The van der Waals surface area contributed by atoms with Crippen LogP contribution in [0.3, 0.4) is 0 Å². The lowest BCUT2D eigenvalue weighted by molar-refractivity contribution is -0.154. The fourth-order valence-electron chi connectivity index (χ4n) is 6.62. The highest BCUT2D eigenvalue weighted by Crippen LogP contribution is 2.49. The number of hydrogen-bond acceptors (Lipinski definition) is 8. The summed E-state index contributed by atoms with van der Waals surface area (Å²) in [5.41, 5.74) is 1.87. The monoisotopic (exact) mass is 813 g/mol. The summed E-state index contributed by atoms with van der Waals surface area (Å²) in [6.07, 6.45) is 2.58. The molecule has 10 heteroatoms. The lowest BCUT2D eigenvalue weighted by atomic mass is 9.87. The summed E-state index contributed by atoms with van der Waals surface area (Å²) in [7, 11) is -4.54. The zero-order valence-corrected chi connectivity index (χ0v) is 39.7. The van der Waals surface area contributed by atoms with E-state index in [9.17, 15) is 9.59 Å². The van der Waals surface area contributed by atoms with E-state index in [1.807, 2.05) is 25.1 Å². The number of benzene rings is 2. The Hall–Kier alpha value is -2.51. The molecule has 1 saturated heterocycles. The number of carbonyl (C=O) groups is 2. The Kier molecular flexibility index (Phi) is 17.1. The van der Waals surface area contributed by atoms with Gasteiger partial charge in [0.2, 0.25) is 5.60 Å². The molecule has 2 aromatic carbocycles. The molecule has 1 unspecified atom stereocenters. The van der Waals surface area contributed by atoms with E-state index in [-0.39, 0.29) is 40.9 Å². The minimum atomic E-state index is -2.41. The molecule has 4 atom stereocenters. The highest BCUT2D eigenvalue weighted by Gasteiger charge is 2.69. The van der Waals surface area contributed by atoms with Crippen molar-refractivity contribution in [3.63, 3.8) is 0 Å². The van der Waals surface area contributed by atoms with Gasteiger partial charge in [0.05, 0.1) is 31.5 Å². The molecule has 1 heterocycles. The second-order valence-electron chi connectivity index (χ2n) is 19.1. The molecule has 0 spiro atoms. The first-order chi connectivity index (χ1) is 26.0. The standard InChI is InChI=1S/C46H76O8Si2/c1-16-22-35(38(47)30-41(54-56(14,15)45(9,10)11)46(40(17-2)53-46)43(48)49-18-3)27-28-50-39-26-25-36(29-33(4)5)42(51-31-34-23-20-19-21-24-34)37(39)32-52-55(12,13)44(6,7)8/h19-21,23-26,33,35,40-41H,16-18,22,27-32H2,1-15H3/t35-,40+,41-,46?/m1/s1. The zero-order chi connectivity index (χ0) is 42.1. The number of ketones is 1. The third kappa shape index (κ3) is 12.3. The molecular formula is C46H76O8Si2. The van der Waals surface area contributed by atoms with Crippen molar-refractivity contribution in [1.82, 2.24) is 0 Å². The average molecular weight is 813 g/mol. The molecule has 0 aliphatic carbocycles. The molecule has 316 valence electrons. The van der Waals surface area contributed by atoms with E-state index >= 15 is 0 Å². The van der Waals surface area contributed by atoms with Crippen molar-refractivity contribution in [1.29, 1.82) is 0 Å². The minimum Gasteiger partial charge on any atom is -0.493 e. The second-order valence-corrected chi connectivity index (χ2v) is 28.7. The third-order valence-electron chi connectivity index (χ3n) is 12.2. The van der Waals surface area contributed by atoms with Gasteiger partial charge in [0.1, 0.15) is 30.0 Å². The summed E-state index contributed by atoms with van der Waals surface area (Å²) in [5.74, 6) is 1.33. The molecule has 1 aliphatic heterocycles. The van der Waals surface area contributed by atoms with E-state index in [2.05, 4.69) is 113 Å². The van der Waals surface area contributed by atoms with E-state index in [1.54, 1.807) is 6.92 Å². The number of epoxide rings is 1. The Morgan fingerprint density at radius 3 is 2.02 bits per heavy atom. The molecule has 56 heavy (non-hydrogen) atoms. The number of carbonyl (C=O) groups excluding carboxylic acids is 2. The summed E-state index contributed by atoms with van der Waals surface area (Å²) in [6, 6.07) is 14.4. The van der Waals surface area contributed by atoms with Crippen molar-refractivity contribution < 1.29 is 37.4 Å². The number of hydrogen-bond donors (Lipinski definition) is 0. The SMILES string of the molecule is CCC[C@H](CCOc1ccc(CC(C)C)c(OCc2ccccc2)c1CO[Si](C)(C)C(C)(C)C)C(=O)C[C@@H](O[Si](C)(C)C(C)(C)C)C1(C(=O)OCC)O[C@H]1CC. The van der Waals surface area contributed by atoms with E-state index < -0.39 is 34.3 Å². The average Bonchev–Trinajstić information content (AvgIpc) is 3.85. The molecule has 0 saturated carbocycles. The van der Waals surface area contributed by atoms with Gasteiger partial charge in [-0.3, -0.25) is 4.79 Å². The van der Waals surface area contributed by atoms with Crippen molar-refractivity contribution in [3.05, 3.63) is 59.2 Å². The molecule has 8 nitrogen and oxygen atoms in total. The van der Waals surface area contributed by atoms with Crippen molar-refractivity contribution in [2.75, 3.05) is 13.2 Å². The van der Waals surface area contributed by atoms with Crippen LogP contribution in [-0.4, -0.2) is 59.4 Å². The van der Waals surface area contributed by atoms with Crippen LogP contribution in [0.2, 0.25) is 36.3 Å². The molecule has 1 aliphatic rings. The Morgan fingerprint density at radius 1 is 0.839 bits per heavy atom. The van der Waals surface area contributed by atoms with Crippen LogP contribution in [0.15, 0.2) is 42.5 Å². The van der Waals surface area contributed by atoms with Gasteiger partial charge < -0.3 is 27.8 Å². The Morgan fingerprint density at radius 2 is 1.48 bits per heavy atom. The first-order valence-corrected chi connectivity index (χ1v) is 27.0. The van der Waals surface area contributed by atoms with Crippen molar-refractivity contribution in [2.45, 2.75) is 182 Å². The maximum atomic E-state index is 14.4. The minimum absolute atomic E-state index is 0.0308. The second kappa shape index (κ2) is 20.0. The fourth-order valence-corrected chi connectivity index (χ4v) is 8.89. The van der Waals surface area contributed by atoms with Crippen LogP contribution < -0.4 is 9.47 Å². The topological polar surface area (TPSA) is 92.8 Å². The lowest BCUT2D eigenvalue weighted by Crippen LogP contribution is -2.52. The van der Waals surface area contributed by atoms with Crippen LogP contribution in [-0.2, 0) is 47.5 Å². The Bertz CT molecular complexity index is 1560. The summed E-state index contributed by atoms with van der Waals surface area (Å²) < 4.78 is 38.9. The molecule has 0 bridgehead atoms. The Labute approximate surface area is 342 Å². The maximum Gasteiger partial charge on any atom is 0.343 e. The smallest absolute Gasteiger partial charge is 0.343 e. The van der Waals surface area contributed by atoms with Gasteiger partial charge in [-0.15, -0.1) is 0 Å². The van der Waals surface area contributed by atoms with Crippen molar-refractivity contribution >= 4 is 28.4 Å². The number of ether oxygens (including phenoxy) is 4. The lowest BCUT2D eigenvalue weighted by Gasteiger charge is -2.40. The van der Waals surface area contributed by atoms with Crippen LogP contribution in [0.25, 0.3) is 0 Å². The zero-order valence-electron chi connectivity index (χ0n) is 37.7. The van der Waals surface area contributed by atoms with Crippen LogP contribution in [0.4, 0.5) is 0 Å². The molecule has 0 aromatic heterocycles. The van der Waals surface area contributed by atoms with Crippen LogP contribution in [0.5, 0.6) is 11.5 Å². The maximum absolute atomic E-state index is 14.4. The van der Waals surface area contributed by atoms with Crippen LogP contribution >= 0.6 is 0 Å². The van der Waals surface area contributed by atoms with Gasteiger partial charge >= 0.3 is 5.97 Å². The number of esters is 1. The highest BCUT2D eigenvalue weighted by molar-refractivity contribution is 6.74. The van der Waals surface area contributed by atoms with Crippen LogP contribution in [0, 0.1) is 11.8 Å². The van der Waals surface area contributed by atoms with E-state index in [4.69, 9.17) is 27.8 Å². The number of rotatable bonds is 23. The van der Waals surface area contributed by atoms with Gasteiger partial charge in [0.25, 0.3) is 0 Å². The number of Topliss-reactive ketones (excluding diaryl/α,β-unsaturated/α-hetero) is 1. The van der Waals surface area contributed by atoms with Gasteiger partial charge in [-0.25, -0.2) is 4.79 Å². The summed E-state index contributed by atoms with van der Waals surface area (Å²) in [4.78, 5) is 28.0. The first-order valence-electron chi connectivity index (χ1n) is 21.2.